The summed E-state index contributed by atoms with van der Waals surface area (Å²) in [4.78, 5) is 38.2. The molecule has 0 saturated heterocycles. The maximum absolute atomic E-state index is 12.1. The smallest absolute Gasteiger partial charge is 0.266 e. The SMILES string of the molecule is CCOc1ccc(-c2ccc(=O)n(CCNC(=O)c3ccc[nH]c3=O)n2)cc1. The van der Waals surface area contributed by atoms with E-state index in [-0.39, 0.29) is 24.2 Å². The van der Waals surface area contributed by atoms with E-state index in [1.165, 1.54) is 23.0 Å². The number of hydrogen-bond acceptors (Lipinski definition) is 5. The first-order valence-electron chi connectivity index (χ1n) is 8.86. The Morgan fingerprint density at radius 1 is 1.14 bits per heavy atom. The van der Waals surface area contributed by atoms with Gasteiger partial charge in [0.05, 0.1) is 18.8 Å². The van der Waals surface area contributed by atoms with Crippen molar-refractivity contribution in [2.75, 3.05) is 13.2 Å². The van der Waals surface area contributed by atoms with Gasteiger partial charge in [-0.2, -0.15) is 5.10 Å². The third kappa shape index (κ3) is 4.53. The molecule has 3 rings (SSSR count). The summed E-state index contributed by atoms with van der Waals surface area (Å²) in [6.07, 6.45) is 1.45. The predicted molar refractivity (Wildman–Crippen MR) is 104 cm³/mol. The zero-order valence-corrected chi connectivity index (χ0v) is 15.3. The Balaban J connectivity index is 1.68. The number of nitrogens with one attached hydrogen (secondary N) is 2. The lowest BCUT2D eigenvalue weighted by Gasteiger charge is -2.09. The Bertz CT molecular complexity index is 1070. The zero-order chi connectivity index (χ0) is 19.9. The fourth-order valence-corrected chi connectivity index (χ4v) is 2.62. The molecule has 0 aliphatic rings. The van der Waals surface area contributed by atoms with E-state index in [4.69, 9.17) is 4.74 Å². The lowest BCUT2D eigenvalue weighted by atomic mass is 10.1. The average Bonchev–Trinajstić information content (AvgIpc) is 2.70. The van der Waals surface area contributed by atoms with Crippen LogP contribution in [-0.4, -0.2) is 33.8 Å². The van der Waals surface area contributed by atoms with Gasteiger partial charge < -0.3 is 15.0 Å². The highest BCUT2D eigenvalue weighted by Crippen LogP contribution is 2.19. The summed E-state index contributed by atoms with van der Waals surface area (Å²) in [7, 11) is 0. The molecular formula is C20H20N4O4. The standard InChI is InChI=1S/C20H20N4O4/c1-2-28-15-7-5-14(6-8-15)17-9-10-18(25)24(23-17)13-12-22-20(27)16-4-3-11-21-19(16)26/h3-11H,2,12-13H2,1H3,(H,21,26)(H,22,27). The molecule has 0 radical (unpaired) electrons. The quantitative estimate of drug-likeness (QED) is 0.645. The molecule has 0 fully saturated rings. The summed E-state index contributed by atoms with van der Waals surface area (Å²) < 4.78 is 6.70. The number of carbonyl (C=O) groups is 1. The lowest BCUT2D eigenvalue weighted by molar-refractivity contribution is 0.0950. The van der Waals surface area contributed by atoms with Gasteiger partial charge in [-0.15, -0.1) is 0 Å². The van der Waals surface area contributed by atoms with Crippen LogP contribution in [0.3, 0.4) is 0 Å². The Kier molecular flexibility index (Phi) is 6.01. The van der Waals surface area contributed by atoms with Crippen LogP contribution < -0.4 is 21.2 Å². The summed E-state index contributed by atoms with van der Waals surface area (Å²) in [6.45, 7) is 2.84. The van der Waals surface area contributed by atoms with Gasteiger partial charge in [0, 0.05) is 24.4 Å². The minimum atomic E-state index is -0.502. The molecule has 2 heterocycles. The van der Waals surface area contributed by atoms with Gasteiger partial charge in [-0.05, 0) is 49.4 Å². The van der Waals surface area contributed by atoms with Crippen molar-refractivity contribution in [3.8, 4) is 17.0 Å². The Morgan fingerprint density at radius 2 is 1.93 bits per heavy atom. The Morgan fingerprint density at radius 3 is 2.64 bits per heavy atom. The molecule has 3 aromatic rings. The molecule has 2 aromatic heterocycles. The second kappa shape index (κ2) is 8.81. The number of aromatic nitrogens is 3. The van der Waals surface area contributed by atoms with E-state index < -0.39 is 11.5 Å². The Hall–Kier alpha value is -3.68. The van der Waals surface area contributed by atoms with Crippen molar-refractivity contribution >= 4 is 5.91 Å². The number of pyridine rings is 1. The van der Waals surface area contributed by atoms with Crippen LogP contribution in [0.2, 0.25) is 0 Å². The number of ether oxygens (including phenoxy) is 1. The highest BCUT2D eigenvalue weighted by atomic mass is 16.5. The van der Waals surface area contributed by atoms with Crippen LogP contribution in [0.25, 0.3) is 11.3 Å². The van der Waals surface area contributed by atoms with Gasteiger partial charge in [0.1, 0.15) is 11.3 Å². The number of benzene rings is 1. The highest BCUT2D eigenvalue weighted by Gasteiger charge is 2.09. The first-order valence-corrected chi connectivity index (χ1v) is 8.86. The number of nitrogens with zero attached hydrogens (tertiary/aromatic N) is 2. The van der Waals surface area contributed by atoms with Gasteiger partial charge in [-0.3, -0.25) is 14.4 Å². The van der Waals surface area contributed by atoms with Crippen LogP contribution in [0.5, 0.6) is 5.75 Å². The molecule has 0 aliphatic heterocycles. The number of carbonyl (C=O) groups excluding carboxylic acids is 1. The predicted octanol–water partition coefficient (Wildman–Crippen LogP) is 1.43. The second-order valence-corrected chi connectivity index (χ2v) is 5.91. The Labute approximate surface area is 160 Å². The van der Waals surface area contributed by atoms with E-state index in [1.54, 1.807) is 12.1 Å². The van der Waals surface area contributed by atoms with Crippen molar-refractivity contribution in [1.82, 2.24) is 20.1 Å². The molecule has 1 amide bonds. The van der Waals surface area contributed by atoms with Crippen LogP contribution in [0.4, 0.5) is 0 Å². The van der Waals surface area contributed by atoms with E-state index in [2.05, 4.69) is 15.4 Å². The van der Waals surface area contributed by atoms with Gasteiger partial charge in [0.25, 0.3) is 17.0 Å². The van der Waals surface area contributed by atoms with Gasteiger partial charge in [-0.1, -0.05) is 0 Å². The van der Waals surface area contributed by atoms with Crippen LogP contribution in [-0.2, 0) is 6.54 Å². The molecule has 2 N–H and O–H groups in total. The number of hydrogen-bond donors (Lipinski definition) is 2. The van der Waals surface area contributed by atoms with Crippen molar-refractivity contribution in [3.63, 3.8) is 0 Å². The van der Waals surface area contributed by atoms with Crippen molar-refractivity contribution < 1.29 is 9.53 Å². The average molecular weight is 380 g/mol. The van der Waals surface area contributed by atoms with Gasteiger partial charge in [0.2, 0.25) is 0 Å². The van der Waals surface area contributed by atoms with E-state index in [1.807, 2.05) is 31.2 Å². The van der Waals surface area contributed by atoms with Crippen molar-refractivity contribution in [2.24, 2.45) is 0 Å². The maximum Gasteiger partial charge on any atom is 0.266 e. The topological polar surface area (TPSA) is 106 Å². The zero-order valence-electron chi connectivity index (χ0n) is 15.3. The molecule has 0 saturated carbocycles. The number of aromatic amines is 1. The molecule has 0 atom stereocenters. The molecule has 8 nitrogen and oxygen atoms in total. The monoisotopic (exact) mass is 380 g/mol. The molecule has 0 unspecified atom stereocenters. The van der Waals surface area contributed by atoms with Gasteiger partial charge in [0.15, 0.2) is 0 Å². The number of rotatable bonds is 7. The van der Waals surface area contributed by atoms with Crippen molar-refractivity contribution in [1.29, 1.82) is 0 Å². The summed E-state index contributed by atoms with van der Waals surface area (Å²) in [5.41, 5.74) is 0.755. The van der Waals surface area contributed by atoms with Crippen LogP contribution >= 0.6 is 0 Å². The van der Waals surface area contributed by atoms with Crippen molar-refractivity contribution in [2.45, 2.75) is 13.5 Å². The normalized spacial score (nSPS) is 10.5. The largest absolute Gasteiger partial charge is 0.494 e. The summed E-state index contributed by atoms with van der Waals surface area (Å²) in [6, 6.07) is 13.5. The molecule has 0 aliphatic carbocycles. The molecule has 1 aromatic carbocycles. The molecule has 144 valence electrons. The fraction of sp³-hybridized carbons (Fsp3) is 0.200. The lowest BCUT2D eigenvalue weighted by Crippen LogP contribution is -2.34. The fourth-order valence-electron chi connectivity index (χ4n) is 2.62. The molecule has 0 spiro atoms. The van der Waals surface area contributed by atoms with Gasteiger partial charge >= 0.3 is 0 Å². The summed E-state index contributed by atoms with van der Waals surface area (Å²) in [5, 5.41) is 6.97. The highest BCUT2D eigenvalue weighted by molar-refractivity contribution is 5.93. The molecular weight excluding hydrogens is 360 g/mol. The first kappa shape index (κ1) is 19.1. The summed E-state index contributed by atoms with van der Waals surface area (Å²) >= 11 is 0. The minimum Gasteiger partial charge on any atom is -0.494 e. The maximum atomic E-state index is 12.1. The molecule has 0 bridgehead atoms. The van der Waals surface area contributed by atoms with Crippen LogP contribution in [0.15, 0.2) is 64.3 Å². The third-order valence-electron chi connectivity index (χ3n) is 4.00. The van der Waals surface area contributed by atoms with E-state index >= 15 is 0 Å². The van der Waals surface area contributed by atoms with E-state index in [9.17, 15) is 14.4 Å². The number of H-pyrrole nitrogens is 1. The number of amides is 1. The molecule has 8 heteroatoms. The van der Waals surface area contributed by atoms with Crippen molar-refractivity contribution in [3.05, 3.63) is 81.0 Å². The minimum absolute atomic E-state index is 0.0194. The van der Waals surface area contributed by atoms with Crippen LogP contribution in [0, 0.1) is 0 Å². The molecule has 28 heavy (non-hydrogen) atoms. The summed E-state index contributed by atoms with van der Waals surface area (Å²) in [5.74, 6) is 0.260. The van der Waals surface area contributed by atoms with E-state index in [0.717, 1.165) is 11.3 Å². The third-order valence-corrected chi connectivity index (χ3v) is 4.00. The van der Waals surface area contributed by atoms with Gasteiger partial charge in [-0.25, -0.2) is 4.68 Å². The van der Waals surface area contributed by atoms with E-state index in [0.29, 0.717) is 12.3 Å². The second-order valence-electron chi connectivity index (χ2n) is 5.91. The van der Waals surface area contributed by atoms with Crippen LogP contribution in [0.1, 0.15) is 17.3 Å². The first-order chi connectivity index (χ1) is 13.6.